The standard InChI is InChI=1S/C19H19ClN2O2/c1-13-6-8-14(9-7-13)12-21-17(23)19(10-11-19)18(24)22-16-5-3-2-4-15(16)20/h2-9H,10-12H2,1H3,(H,21,23)(H,22,24). The molecule has 4 nitrogen and oxygen atoms in total. The fraction of sp³-hybridized carbons (Fsp3) is 0.263. The Morgan fingerprint density at radius 3 is 2.33 bits per heavy atom. The molecule has 0 bridgehead atoms. The van der Waals surface area contributed by atoms with Crippen LogP contribution in [0.25, 0.3) is 0 Å². The van der Waals surface area contributed by atoms with E-state index >= 15 is 0 Å². The van der Waals surface area contributed by atoms with Crippen LogP contribution in [0, 0.1) is 12.3 Å². The number of hydrogen-bond donors (Lipinski definition) is 2. The maximum absolute atomic E-state index is 12.5. The number of nitrogens with one attached hydrogen (secondary N) is 2. The van der Waals surface area contributed by atoms with Crippen LogP contribution < -0.4 is 10.6 Å². The van der Waals surface area contributed by atoms with Gasteiger partial charge in [-0.3, -0.25) is 9.59 Å². The normalized spacial score (nSPS) is 14.8. The topological polar surface area (TPSA) is 58.2 Å². The van der Waals surface area contributed by atoms with Crippen molar-refractivity contribution in [3.05, 3.63) is 64.7 Å². The molecule has 1 aliphatic rings. The average Bonchev–Trinajstić information content (AvgIpc) is 3.38. The monoisotopic (exact) mass is 342 g/mol. The second kappa shape index (κ2) is 6.65. The van der Waals surface area contributed by atoms with Crippen molar-refractivity contribution in [3.63, 3.8) is 0 Å². The summed E-state index contributed by atoms with van der Waals surface area (Å²) in [6, 6.07) is 14.9. The van der Waals surface area contributed by atoms with Gasteiger partial charge in [0.1, 0.15) is 5.41 Å². The fourth-order valence-electron chi connectivity index (χ4n) is 2.54. The summed E-state index contributed by atoms with van der Waals surface area (Å²) in [4.78, 5) is 25.0. The zero-order chi connectivity index (χ0) is 17.2. The Hall–Kier alpha value is -2.33. The van der Waals surface area contributed by atoms with Crippen LogP contribution in [0.15, 0.2) is 48.5 Å². The van der Waals surface area contributed by atoms with Crippen LogP contribution in [-0.4, -0.2) is 11.8 Å². The Kier molecular flexibility index (Phi) is 4.58. The molecule has 0 aliphatic heterocycles. The Balaban J connectivity index is 1.62. The van der Waals surface area contributed by atoms with Gasteiger partial charge < -0.3 is 10.6 Å². The molecule has 0 aromatic heterocycles. The summed E-state index contributed by atoms with van der Waals surface area (Å²) in [5, 5.41) is 6.10. The molecule has 2 aromatic carbocycles. The third kappa shape index (κ3) is 3.44. The van der Waals surface area contributed by atoms with Gasteiger partial charge in [0.2, 0.25) is 11.8 Å². The van der Waals surface area contributed by atoms with Gasteiger partial charge in [0.05, 0.1) is 10.7 Å². The number of halogens is 1. The van der Waals surface area contributed by atoms with Crippen LogP contribution in [-0.2, 0) is 16.1 Å². The minimum Gasteiger partial charge on any atom is -0.351 e. The molecule has 24 heavy (non-hydrogen) atoms. The highest BCUT2D eigenvalue weighted by Gasteiger charge is 2.56. The molecule has 0 atom stereocenters. The van der Waals surface area contributed by atoms with Gasteiger partial charge in [-0.25, -0.2) is 0 Å². The van der Waals surface area contributed by atoms with Crippen LogP contribution >= 0.6 is 11.6 Å². The molecule has 0 unspecified atom stereocenters. The first-order valence-electron chi connectivity index (χ1n) is 7.91. The van der Waals surface area contributed by atoms with E-state index in [0.717, 1.165) is 5.56 Å². The average molecular weight is 343 g/mol. The Morgan fingerprint density at radius 2 is 1.71 bits per heavy atom. The first kappa shape index (κ1) is 16.5. The first-order chi connectivity index (χ1) is 11.5. The summed E-state index contributed by atoms with van der Waals surface area (Å²) in [6.07, 6.45) is 1.12. The van der Waals surface area contributed by atoms with Gasteiger partial charge in [0, 0.05) is 6.54 Å². The van der Waals surface area contributed by atoms with Crippen molar-refractivity contribution < 1.29 is 9.59 Å². The van der Waals surface area contributed by atoms with Gasteiger partial charge in [-0.05, 0) is 37.5 Å². The summed E-state index contributed by atoms with van der Waals surface area (Å²) >= 11 is 6.06. The Bertz CT molecular complexity index is 767. The number of hydrogen-bond acceptors (Lipinski definition) is 2. The van der Waals surface area contributed by atoms with Crippen molar-refractivity contribution in [3.8, 4) is 0 Å². The molecule has 5 heteroatoms. The third-order valence-electron chi connectivity index (χ3n) is 4.32. The van der Waals surface area contributed by atoms with Crippen LogP contribution in [0.3, 0.4) is 0 Å². The summed E-state index contributed by atoms with van der Waals surface area (Å²) in [7, 11) is 0. The largest absolute Gasteiger partial charge is 0.351 e. The Labute approximate surface area is 146 Å². The van der Waals surface area contributed by atoms with Gasteiger partial charge in [0.15, 0.2) is 0 Å². The number of aryl methyl sites for hydroxylation is 1. The van der Waals surface area contributed by atoms with Gasteiger partial charge >= 0.3 is 0 Å². The maximum atomic E-state index is 12.5. The van der Waals surface area contributed by atoms with Crippen molar-refractivity contribution in [2.45, 2.75) is 26.3 Å². The van der Waals surface area contributed by atoms with Gasteiger partial charge in [0.25, 0.3) is 0 Å². The van der Waals surface area contributed by atoms with E-state index in [4.69, 9.17) is 11.6 Å². The molecule has 2 amide bonds. The number of amides is 2. The lowest BCUT2D eigenvalue weighted by Crippen LogP contribution is -2.39. The van der Waals surface area contributed by atoms with E-state index in [9.17, 15) is 9.59 Å². The van der Waals surface area contributed by atoms with Crippen molar-refractivity contribution in [1.82, 2.24) is 5.32 Å². The number of rotatable bonds is 5. The molecule has 0 saturated heterocycles. The maximum Gasteiger partial charge on any atom is 0.240 e. The predicted octanol–water partition coefficient (Wildman–Crippen LogP) is 3.68. The van der Waals surface area contributed by atoms with Crippen LogP contribution in [0.1, 0.15) is 24.0 Å². The molecule has 124 valence electrons. The molecule has 3 rings (SSSR count). The molecule has 2 aromatic rings. The second-order valence-corrected chi connectivity index (χ2v) is 6.59. The zero-order valence-electron chi connectivity index (χ0n) is 13.4. The minimum atomic E-state index is -0.968. The number of carbonyl (C=O) groups excluding carboxylic acids is 2. The highest BCUT2D eigenvalue weighted by Crippen LogP contribution is 2.47. The number of anilines is 1. The lowest BCUT2D eigenvalue weighted by atomic mass is 10.0. The smallest absolute Gasteiger partial charge is 0.240 e. The SMILES string of the molecule is Cc1ccc(CNC(=O)C2(C(=O)Nc3ccccc3Cl)CC2)cc1. The van der Waals surface area contributed by atoms with Gasteiger partial charge in [-0.15, -0.1) is 0 Å². The van der Waals surface area contributed by atoms with Crippen LogP contribution in [0.2, 0.25) is 5.02 Å². The second-order valence-electron chi connectivity index (χ2n) is 6.18. The van der Waals surface area contributed by atoms with Crippen LogP contribution in [0.5, 0.6) is 0 Å². The molecular formula is C19H19ClN2O2. The fourth-order valence-corrected chi connectivity index (χ4v) is 2.73. The molecule has 1 saturated carbocycles. The molecule has 0 heterocycles. The summed E-state index contributed by atoms with van der Waals surface area (Å²) in [5.41, 5.74) is 1.74. The van der Waals surface area contributed by atoms with E-state index in [0.29, 0.717) is 30.1 Å². The van der Waals surface area contributed by atoms with E-state index in [1.807, 2.05) is 31.2 Å². The lowest BCUT2D eigenvalue weighted by molar-refractivity contribution is -0.134. The molecule has 1 fully saturated rings. The highest BCUT2D eigenvalue weighted by molar-refractivity contribution is 6.34. The lowest BCUT2D eigenvalue weighted by Gasteiger charge is -2.16. The predicted molar refractivity (Wildman–Crippen MR) is 94.8 cm³/mol. The zero-order valence-corrected chi connectivity index (χ0v) is 14.2. The van der Waals surface area contributed by atoms with E-state index < -0.39 is 5.41 Å². The summed E-state index contributed by atoms with van der Waals surface area (Å²) < 4.78 is 0. The number of para-hydroxylation sites is 1. The van der Waals surface area contributed by atoms with Gasteiger partial charge in [-0.2, -0.15) is 0 Å². The molecular weight excluding hydrogens is 324 g/mol. The van der Waals surface area contributed by atoms with Crippen molar-refractivity contribution in [2.24, 2.45) is 5.41 Å². The van der Waals surface area contributed by atoms with E-state index in [-0.39, 0.29) is 11.8 Å². The highest BCUT2D eigenvalue weighted by atomic mass is 35.5. The summed E-state index contributed by atoms with van der Waals surface area (Å²) in [6.45, 7) is 2.43. The third-order valence-corrected chi connectivity index (χ3v) is 4.64. The summed E-state index contributed by atoms with van der Waals surface area (Å²) in [5.74, 6) is -0.523. The molecule has 1 aliphatic carbocycles. The molecule has 2 N–H and O–H groups in total. The molecule has 0 radical (unpaired) electrons. The number of carbonyl (C=O) groups is 2. The van der Waals surface area contributed by atoms with Crippen molar-refractivity contribution in [2.75, 3.05) is 5.32 Å². The van der Waals surface area contributed by atoms with E-state index in [1.54, 1.807) is 24.3 Å². The Morgan fingerprint density at radius 1 is 1.04 bits per heavy atom. The minimum absolute atomic E-state index is 0.229. The quantitative estimate of drug-likeness (QED) is 0.814. The number of benzene rings is 2. The van der Waals surface area contributed by atoms with Crippen molar-refractivity contribution in [1.29, 1.82) is 0 Å². The van der Waals surface area contributed by atoms with Crippen molar-refractivity contribution >= 4 is 29.1 Å². The van der Waals surface area contributed by atoms with Gasteiger partial charge in [-0.1, -0.05) is 53.6 Å². The first-order valence-corrected chi connectivity index (χ1v) is 8.29. The van der Waals surface area contributed by atoms with Crippen LogP contribution in [0.4, 0.5) is 5.69 Å². The molecule has 0 spiro atoms. The van der Waals surface area contributed by atoms with E-state index in [2.05, 4.69) is 10.6 Å². The van der Waals surface area contributed by atoms with E-state index in [1.165, 1.54) is 5.56 Å².